The van der Waals surface area contributed by atoms with Crippen molar-refractivity contribution in [3.63, 3.8) is 0 Å². The first-order chi connectivity index (χ1) is 5.36. The van der Waals surface area contributed by atoms with Gasteiger partial charge in [0.15, 0.2) is 0 Å². The van der Waals surface area contributed by atoms with Gasteiger partial charge >= 0.3 is 0 Å². The van der Waals surface area contributed by atoms with E-state index in [-0.39, 0.29) is 0 Å². The molecular formula is C7H7N4. The Labute approximate surface area is 64.3 Å². The van der Waals surface area contributed by atoms with E-state index in [1.807, 2.05) is 24.3 Å². The summed E-state index contributed by atoms with van der Waals surface area (Å²) in [6.07, 6.45) is 0. The van der Waals surface area contributed by atoms with Crippen molar-refractivity contribution in [1.29, 1.82) is 0 Å². The molecular weight excluding hydrogens is 140 g/mol. The van der Waals surface area contributed by atoms with E-state index in [1.165, 1.54) is 0 Å². The van der Waals surface area contributed by atoms with Crippen LogP contribution in [-0.2, 0) is 6.54 Å². The van der Waals surface area contributed by atoms with Gasteiger partial charge in [-0.3, -0.25) is 0 Å². The lowest BCUT2D eigenvalue weighted by Gasteiger charge is -2.15. The van der Waals surface area contributed by atoms with E-state index in [9.17, 15) is 0 Å². The molecule has 0 fully saturated rings. The summed E-state index contributed by atoms with van der Waals surface area (Å²) in [4.78, 5) is 0. The zero-order valence-corrected chi connectivity index (χ0v) is 5.86. The van der Waals surface area contributed by atoms with Gasteiger partial charge in [-0.25, -0.2) is 0 Å². The number of nitrogens with zero attached hydrogens (tertiary/aromatic N) is 3. The van der Waals surface area contributed by atoms with Crippen LogP contribution in [-0.4, -0.2) is 5.12 Å². The monoisotopic (exact) mass is 147 g/mol. The minimum Gasteiger partial charge on any atom is -0.191 e. The standard InChI is InChI=1S/C7H7N4/c8-11-5-6-3-1-2-4-7(6)9-10-11/h1-4,8H,5H2. The second-order valence-corrected chi connectivity index (χ2v) is 2.38. The molecule has 4 heteroatoms. The first-order valence-corrected chi connectivity index (χ1v) is 3.34. The van der Waals surface area contributed by atoms with E-state index in [1.54, 1.807) is 0 Å². The molecule has 55 valence electrons. The van der Waals surface area contributed by atoms with Gasteiger partial charge in [-0.2, -0.15) is 5.12 Å². The number of benzene rings is 1. The van der Waals surface area contributed by atoms with Crippen molar-refractivity contribution in [3.05, 3.63) is 29.8 Å². The van der Waals surface area contributed by atoms with Gasteiger partial charge in [-0.1, -0.05) is 23.4 Å². The maximum absolute atomic E-state index is 7.18. The van der Waals surface area contributed by atoms with Crippen LogP contribution >= 0.6 is 0 Å². The van der Waals surface area contributed by atoms with Crippen LogP contribution in [0.15, 0.2) is 34.6 Å². The molecule has 0 amide bonds. The van der Waals surface area contributed by atoms with E-state index < -0.39 is 0 Å². The van der Waals surface area contributed by atoms with Crippen LogP contribution in [0.2, 0.25) is 0 Å². The van der Waals surface area contributed by atoms with Crippen LogP contribution in [0.1, 0.15) is 5.56 Å². The predicted molar refractivity (Wildman–Crippen MR) is 39.6 cm³/mol. The fourth-order valence-corrected chi connectivity index (χ4v) is 1.04. The van der Waals surface area contributed by atoms with E-state index in [0.29, 0.717) is 6.54 Å². The Hall–Kier alpha value is -1.42. The predicted octanol–water partition coefficient (Wildman–Crippen LogP) is 1.70. The normalized spacial score (nSPS) is 14.8. The van der Waals surface area contributed by atoms with Crippen molar-refractivity contribution >= 4 is 5.69 Å². The first kappa shape index (κ1) is 6.30. The minimum atomic E-state index is 0.527. The fraction of sp³-hybridized carbons (Fsp3) is 0.143. The van der Waals surface area contributed by atoms with Gasteiger partial charge < -0.3 is 0 Å². The van der Waals surface area contributed by atoms with E-state index in [2.05, 4.69) is 10.3 Å². The molecule has 0 aromatic heterocycles. The molecule has 0 saturated carbocycles. The van der Waals surface area contributed by atoms with Crippen LogP contribution in [0, 0.1) is 0 Å². The Bertz CT molecular complexity index is 294. The van der Waals surface area contributed by atoms with Gasteiger partial charge in [0, 0.05) is 5.56 Å². The van der Waals surface area contributed by atoms with Crippen LogP contribution in [0.25, 0.3) is 0 Å². The van der Waals surface area contributed by atoms with Gasteiger partial charge in [-0.05, 0) is 6.07 Å². The van der Waals surface area contributed by atoms with Crippen LogP contribution in [0.3, 0.4) is 0 Å². The summed E-state index contributed by atoms with van der Waals surface area (Å²) in [7, 11) is 0. The summed E-state index contributed by atoms with van der Waals surface area (Å²) >= 11 is 0. The zero-order chi connectivity index (χ0) is 7.68. The number of nitrogens with one attached hydrogen (secondary N) is 1. The highest BCUT2D eigenvalue weighted by Gasteiger charge is 2.08. The molecule has 0 saturated heterocycles. The molecule has 1 aliphatic heterocycles. The average Bonchev–Trinajstić information content (AvgIpc) is 2.04. The summed E-state index contributed by atoms with van der Waals surface area (Å²) in [5, 5.41) is 8.51. The molecule has 0 spiro atoms. The van der Waals surface area contributed by atoms with Gasteiger partial charge in [0.2, 0.25) is 0 Å². The Balaban J connectivity index is 2.46. The highest BCUT2D eigenvalue weighted by atomic mass is 15.7. The molecule has 1 N–H and O–H groups in total. The lowest BCUT2D eigenvalue weighted by Crippen LogP contribution is -2.15. The molecule has 0 aliphatic carbocycles. The fourth-order valence-electron chi connectivity index (χ4n) is 1.04. The highest BCUT2D eigenvalue weighted by Crippen LogP contribution is 2.23. The van der Waals surface area contributed by atoms with Gasteiger partial charge in [0.25, 0.3) is 0 Å². The maximum Gasteiger partial charge on any atom is 0.0925 e. The Morgan fingerprint density at radius 2 is 2.18 bits per heavy atom. The van der Waals surface area contributed by atoms with E-state index >= 15 is 0 Å². The maximum atomic E-state index is 7.18. The summed E-state index contributed by atoms with van der Waals surface area (Å²) in [5.41, 5.74) is 1.92. The molecule has 1 aliphatic rings. The summed E-state index contributed by atoms with van der Waals surface area (Å²) in [5.74, 6) is 7.18. The number of fused-ring (bicyclic) bond motifs is 1. The third-order valence-corrected chi connectivity index (χ3v) is 1.57. The smallest absolute Gasteiger partial charge is 0.0925 e. The second kappa shape index (κ2) is 2.32. The highest BCUT2D eigenvalue weighted by molar-refractivity contribution is 5.45. The van der Waals surface area contributed by atoms with Crippen LogP contribution in [0.4, 0.5) is 5.69 Å². The average molecular weight is 147 g/mol. The van der Waals surface area contributed by atoms with E-state index in [4.69, 9.17) is 5.84 Å². The lowest BCUT2D eigenvalue weighted by atomic mass is 10.2. The number of rotatable bonds is 0. The summed E-state index contributed by atoms with van der Waals surface area (Å²) in [6, 6.07) is 7.70. The van der Waals surface area contributed by atoms with Crippen molar-refractivity contribution < 1.29 is 0 Å². The van der Waals surface area contributed by atoms with E-state index in [0.717, 1.165) is 16.4 Å². The Morgan fingerprint density at radius 1 is 1.36 bits per heavy atom. The molecule has 2 rings (SSSR count). The molecule has 1 heterocycles. The number of hydrogen-bond donors (Lipinski definition) is 0. The lowest BCUT2D eigenvalue weighted by molar-refractivity contribution is 0.244. The SMILES string of the molecule is [NH]N1Cc2ccccc2N=N1. The van der Waals surface area contributed by atoms with Crippen LogP contribution in [0.5, 0.6) is 0 Å². The van der Waals surface area contributed by atoms with Crippen molar-refractivity contribution in [2.45, 2.75) is 6.54 Å². The van der Waals surface area contributed by atoms with Crippen molar-refractivity contribution in [3.8, 4) is 0 Å². The number of hydrogen-bond acceptors (Lipinski definition) is 3. The first-order valence-electron chi connectivity index (χ1n) is 3.34. The van der Waals surface area contributed by atoms with Crippen molar-refractivity contribution in [2.75, 3.05) is 0 Å². The molecule has 4 nitrogen and oxygen atoms in total. The molecule has 1 aromatic carbocycles. The minimum absolute atomic E-state index is 0.527. The molecule has 0 atom stereocenters. The largest absolute Gasteiger partial charge is 0.191 e. The Morgan fingerprint density at radius 3 is 3.09 bits per heavy atom. The Kier molecular flexibility index (Phi) is 1.33. The molecule has 0 bridgehead atoms. The van der Waals surface area contributed by atoms with Crippen molar-refractivity contribution in [2.24, 2.45) is 10.3 Å². The quantitative estimate of drug-likeness (QED) is 0.551. The molecule has 0 unspecified atom stereocenters. The second-order valence-electron chi connectivity index (χ2n) is 2.38. The molecule has 11 heavy (non-hydrogen) atoms. The summed E-state index contributed by atoms with van der Waals surface area (Å²) in [6.45, 7) is 0.527. The third-order valence-electron chi connectivity index (χ3n) is 1.57. The van der Waals surface area contributed by atoms with Gasteiger partial charge in [0.1, 0.15) is 0 Å². The molecule has 1 radical (unpaired) electrons. The van der Waals surface area contributed by atoms with Crippen LogP contribution < -0.4 is 5.84 Å². The van der Waals surface area contributed by atoms with Gasteiger partial charge in [-0.15, -0.1) is 11.0 Å². The zero-order valence-electron chi connectivity index (χ0n) is 5.86. The van der Waals surface area contributed by atoms with Gasteiger partial charge in [0.05, 0.1) is 12.2 Å². The summed E-state index contributed by atoms with van der Waals surface area (Å²) < 4.78 is 0. The third kappa shape index (κ3) is 1.08. The molecule has 1 aromatic rings. The van der Waals surface area contributed by atoms with Crippen molar-refractivity contribution in [1.82, 2.24) is 11.0 Å². The topological polar surface area (TPSA) is 51.8 Å².